The number of hydrogen-bond donors (Lipinski definition) is 3. The second-order valence-corrected chi connectivity index (χ2v) is 8.11. The van der Waals surface area contributed by atoms with Crippen molar-refractivity contribution in [1.82, 2.24) is 15.5 Å². The van der Waals surface area contributed by atoms with Gasteiger partial charge in [0.05, 0.1) is 17.0 Å². The number of benzene rings is 1. The molecule has 0 saturated heterocycles. The lowest BCUT2D eigenvalue weighted by Gasteiger charge is -2.37. The second-order valence-electron chi connectivity index (χ2n) is 8.11. The van der Waals surface area contributed by atoms with E-state index in [0.717, 1.165) is 11.1 Å². The average Bonchev–Trinajstić information content (AvgIpc) is 2.70. The summed E-state index contributed by atoms with van der Waals surface area (Å²) in [4.78, 5) is 31.1. The zero-order chi connectivity index (χ0) is 24.2. The molecule has 2 amide bonds. The Labute approximate surface area is 188 Å². The Morgan fingerprint density at radius 1 is 1.22 bits per heavy atom. The number of rotatable bonds is 8. The number of aliphatic imine (C=N–C) groups is 1. The number of carbonyl (C=O) groups is 2. The Morgan fingerprint density at radius 2 is 1.81 bits per heavy atom. The maximum Gasteiger partial charge on any atom is 0.287 e. The normalized spacial score (nSPS) is 14.0. The lowest BCUT2D eigenvalue weighted by atomic mass is 10.00. The number of amides is 2. The highest BCUT2D eigenvalue weighted by Crippen LogP contribution is 2.26. The van der Waals surface area contributed by atoms with Crippen molar-refractivity contribution in [3.63, 3.8) is 0 Å². The summed E-state index contributed by atoms with van der Waals surface area (Å²) in [6, 6.07) is 7.71. The first-order valence-corrected chi connectivity index (χ1v) is 9.97. The van der Waals surface area contributed by atoms with Crippen LogP contribution in [0.3, 0.4) is 0 Å². The number of aryl methyl sites for hydroxylation is 1. The van der Waals surface area contributed by atoms with Gasteiger partial charge >= 0.3 is 0 Å². The zero-order valence-corrected chi connectivity index (χ0v) is 19.2. The quantitative estimate of drug-likeness (QED) is 0.427. The van der Waals surface area contributed by atoms with Gasteiger partial charge in [0.15, 0.2) is 17.2 Å². The number of hydrogen-bond acceptors (Lipinski definition) is 6. The highest BCUT2D eigenvalue weighted by atomic mass is 16.5. The summed E-state index contributed by atoms with van der Waals surface area (Å²) in [5.74, 6) is -0.968. The summed E-state index contributed by atoms with van der Waals surface area (Å²) in [6.07, 6.45) is 0. The van der Waals surface area contributed by atoms with Gasteiger partial charge in [-0.1, -0.05) is 49.6 Å². The van der Waals surface area contributed by atoms with Crippen molar-refractivity contribution < 1.29 is 19.4 Å². The van der Waals surface area contributed by atoms with Crippen LogP contribution in [-0.2, 0) is 20.9 Å². The van der Waals surface area contributed by atoms with E-state index < -0.39 is 17.4 Å². The molecule has 2 rings (SSSR count). The van der Waals surface area contributed by atoms with E-state index in [1.807, 2.05) is 31.2 Å². The molecule has 0 spiro atoms. The van der Waals surface area contributed by atoms with Crippen molar-refractivity contribution in [2.24, 2.45) is 4.99 Å². The largest absolute Gasteiger partial charge is 0.504 e. The highest BCUT2D eigenvalue weighted by Gasteiger charge is 2.37. The van der Waals surface area contributed by atoms with Crippen LogP contribution >= 0.6 is 0 Å². The van der Waals surface area contributed by atoms with Crippen molar-refractivity contribution >= 4 is 17.6 Å². The van der Waals surface area contributed by atoms with Crippen LogP contribution in [0.1, 0.15) is 31.9 Å². The molecule has 8 nitrogen and oxygen atoms in total. The van der Waals surface area contributed by atoms with E-state index in [4.69, 9.17) is 4.74 Å². The van der Waals surface area contributed by atoms with E-state index >= 15 is 0 Å². The van der Waals surface area contributed by atoms with E-state index in [0.29, 0.717) is 11.6 Å². The number of allylic oxidation sites excluding steroid dienone is 1. The Bertz CT molecular complexity index is 1030. The number of amidine groups is 1. The maximum atomic E-state index is 12.8. The van der Waals surface area contributed by atoms with Gasteiger partial charge in [0.1, 0.15) is 5.84 Å². The van der Waals surface area contributed by atoms with Gasteiger partial charge < -0.3 is 25.4 Å². The molecule has 0 aliphatic carbocycles. The third-order valence-electron chi connectivity index (χ3n) is 4.76. The fraction of sp³-hybridized carbons (Fsp3) is 0.292. The minimum absolute atomic E-state index is 0.127. The molecule has 0 aromatic heterocycles. The third-order valence-corrected chi connectivity index (χ3v) is 4.76. The van der Waals surface area contributed by atoms with Gasteiger partial charge in [0, 0.05) is 13.6 Å². The molecular formula is C24H30N4O4. The van der Waals surface area contributed by atoms with Crippen molar-refractivity contribution in [1.29, 1.82) is 0 Å². The summed E-state index contributed by atoms with van der Waals surface area (Å²) in [5.41, 5.74) is 0.953. The van der Waals surface area contributed by atoms with Gasteiger partial charge in [-0.25, -0.2) is 4.99 Å². The van der Waals surface area contributed by atoms with Crippen LogP contribution in [0.4, 0.5) is 0 Å². The minimum atomic E-state index is -1.06. The summed E-state index contributed by atoms with van der Waals surface area (Å²) >= 11 is 0. The summed E-state index contributed by atoms with van der Waals surface area (Å²) in [5, 5.41) is 16.0. The predicted octanol–water partition coefficient (Wildman–Crippen LogP) is 3.20. The first-order valence-electron chi connectivity index (χ1n) is 9.97. The molecule has 1 heterocycles. The molecule has 1 aromatic rings. The molecule has 0 fully saturated rings. The Hall–Kier alpha value is -3.81. The number of ether oxygens (including phenoxy) is 1. The van der Waals surface area contributed by atoms with Gasteiger partial charge in [-0.05, 0) is 33.3 Å². The first kappa shape index (κ1) is 24.5. The molecule has 0 radical (unpaired) electrons. The molecule has 3 N–H and O–H groups in total. The van der Waals surface area contributed by atoms with Crippen molar-refractivity contribution in [3.05, 3.63) is 83.8 Å². The topological polar surface area (TPSA) is 103 Å². The molecule has 1 aliphatic heterocycles. The van der Waals surface area contributed by atoms with Crippen LogP contribution < -0.4 is 10.6 Å². The Kier molecular flexibility index (Phi) is 7.30. The molecule has 8 heteroatoms. The highest BCUT2D eigenvalue weighted by molar-refractivity contribution is 6.04. The van der Waals surface area contributed by atoms with Crippen LogP contribution in [0.2, 0.25) is 0 Å². The number of carbonyl (C=O) groups excluding carboxylic acids is 2. The summed E-state index contributed by atoms with van der Waals surface area (Å²) in [6.45, 7) is 18.3. The average molecular weight is 439 g/mol. The lowest BCUT2D eigenvalue weighted by molar-refractivity contribution is -0.121. The molecule has 0 bridgehead atoms. The molecular weight excluding hydrogens is 408 g/mol. The molecule has 0 atom stereocenters. The third kappa shape index (κ3) is 5.66. The fourth-order valence-electron chi connectivity index (χ4n) is 3.01. The number of aliphatic hydroxyl groups is 1. The molecule has 0 saturated carbocycles. The zero-order valence-electron chi connectivity index (χ0n) is 19.2. The van der Waals surface area contributed by atoms with Crippen LogP contribution in [-0.4, -0.2) is 40.2 Å². The van der Waals surface area contributed by atoms with Gasteiger partial charge in [-0.3, -0.25) is 9.59 Å². The Morgan fingerprint density at radius 3 is 2.38 bits per heavy atom. The van der Waals surface area contributed by atoms with Crippen LogP contribution in [0.15, 0.2) is 77.7 Å². The van der Waals surface area contributed by atoms with Crippen LogP contribution in [0.25, 0.3) is 0 Å². The van der Waals surface area contributed by atoms with Crippen LogP contribution in [0.5, 0.6) is 0 Å². The summed E-state index contributed by atoms with van der Waals surface area (Å²) in [7, 11) is 1.63. The standard InChI is InChI=1S/C24H30N4O4/c1-14(2)32-17(5)21(30)27-24(6,7)23-26-19(20(29)16(4)28(23)8)22(31)25-13-18-11-9-15(3)10-12-18/h9-12,29H,1,4-5,13H2,2-3,6-8H3,(H,25,31)(H,27,30). The van der Waals surface area contributed by atoms with Gasteiger partial charge in [0.2, 0.25) is 0 Å². The van der Waals surface area contributed by atoms with E-state index in [-0.39, 0.29) is 29.5 Å². The van der Waals surface area contributed by atoms with E-state index in [2.05, 4.69) is 35.4 Å². The number of likely N-dealkylation sites (N-methyl/N-ethyl adjacent to an activating group) is 1. The molecule has 0 unspecified atom stereocenters. The van der Waals surface area contributed by atoms with Crippen LogP contribution in [0, 0.1) is 6.92 Å². The van der Waals surface area contributed by atoms with Crippen molar-refractivity contribution in [3.8, 4) is 0 Å². The van der Waals surface area contributed by atoms with Gasteiger partial charge in [0.25, 0.3) is 11.8 Å². The molecule has 32 heavy (non-hydrogen) atoms. The van der Waals surface area contributed by atoms with E-state index in [1.165, 1.54) is 4.90 Å². The fourth-order valence-corrected chi connectivity index (χ4v) is 3.01. The van der Waals surface area contributed by atoms with Crippen molar-refractivity contribution in [2.75, 3.05) is 7.05 Å². The van der Waals surface area contributed by atoms with Gasteiger partial charge in [-0.2, -0.15) is 0 Å². The number of nitrogens with zero attached hydrogens (tertiary/aromatic N) is 2. The minimum Gasteiger partial charge on any atom is -0.504 e. The Balaban J connectivity index is 2.25. The van der Waals surface area contributed by atoms with Gasteiger partial charge in [-0.15, -0.1) is 0 Å². The number of nitrogens with one attached hydrogen (secondary N) is 2. The molecule has 1 aliphatic rings. The molecule has 1 aromatic carbocycles. The second kappa shape index (κ2) is 9.55. The maximum absolute atomic E-state index is 12.8. The SMILES string of the molecule is C=C(C)OC(=C)C(=O)NC(C)(C)C1=NC(C(=O)NCc2ccc(C)cc2)=C(O)C(=C)N1C. The smallest absolute Gasteiger partial charge is 0.287 e. The van der Waals surface area contributed by atoms with E-state index in [1.54, 1.807) is 27.8 Å². The monoisotopic (exact) mass is 438 g/mol. The van der Waals surface area contributed by atoms with Crippen molar-refractivity contribution in [2.45, 2.75) is 39.8 Å². The van der Waals surface area contributed by atoms with E-state index in [9.17, 15) is 14.7 Å². The lowest BCUT2D eigenvalue weighted by Crippen LogP contribution is -2.56. The number of aliphatic hydroxyl groups excluding tert-OH is 1. The summed E-state index contributed by atoms with van der Waals surface area (Å²) < 4.78 is 5.17. The molecule has 170 valence electrons. The first-order chi connectivity index (χ1) is 14.8. The predicted molar refractivity (Wildman–Crippen MR) is 124 cm³/mol.